The van der Waals surface area contributed by atoms with E-state index in [1.165, 1.54) is 12.1 Å². The molecule has 1 N–H and O–H groups in total. The average Bonchev–Trinajstić information content (AvgIpc) is 2.88. The van der Waals surface area contributed by atoms with Crippen molar-refractivity contribution < 1.29 is 13.8 Å². The molecular weight excluding hydrogens is 273 g/mol. The summed E-state index contributed by atoms with van der Waals surface area (Å²) in [6.07, 6.45) is 1.01. The molecule has 0 aliphatic rings. The molecule has 0 radical (unpaired) electrons. The standard InChI is InChI=1S/C15H20FN3O2/c1-4-7-17-10(2)13-8-12(16)5-6-15(13)20-9-14-11(3)18-21-19-14/h5-6,8,10,17H,4,7,9H2,1-3H3. The molecule has 1 aromatic heterocycles. The van der Waals surface area contributed by atoms with Crippen molar-refractivity contribution in [3.8, 4) is 5.75 Å². The summed E-state index contributed by atoms with van der Waals surface area (Å²) < 4.78 is 23.9. The number of hydrogen-bond donors (Lipinski definition) is 1. The Bertz CT molecular complexity index is 586. The van der Waals surface area contributed by atoms with Gasteiger partial charge >= 0.3 is 0 Å². The lowest BCUT2D eigenvalue weighted by Gasteiger charge is -2.18. The molecule has 0 saturated heterocycles. The molecule has 6 heteroatoms. The molecule has 0 aliphatic carbocycles. The fourth-order valence-electron chi connectivity index (χ4n) is 1.99. The minimum absolute atomic E-state index is 0.00665. The summed E-state index contributed by atoms with van der Waals surface area (Å²) >= 11 is 0. The first-order valence-electron chi connectivity index (χ1n) is 7.05. The van der Waals surface area contributed by atoms with Crippen LogP contribution in [-0.2, 0) is 6.61 Å². The van der Waals surface area contributed by atoms with Crippen LogP contribution in [0.15, 0.2) is 22.8 Å². The number of rotatable bonds is 7. The maximum atomic E-state index is 13.5. The summed E-state index contributed by atoms with van der Waals surface area (Å²) in [5.74, 6) is 0.358. The molecule has 114 valence electrons. The first-order valence-corrected chi connectivity index (χ1v) is 7.05. The largest absolute Gasteiger partial charge is 0.487 e. The number of nitrogens with zero attached hydrogens (tertiary/aromatic N) is 2. The van der Waals surface area contributed by atoms with Crippen molar-refractivity contribution >= 4 is 0 Å². The molecule has 0 aliphatic heterocycles. The maximum Gasteiger partial charge on any atom is 0.145 e. The highest BCUT2D eigenvalue weighted by atomic mass is 19.1. The van der Waals surface area contributed by atoms with Crippen LogP contribution < -0.4 is 10.1 Å². The quantitative estimate of drug-likeness (QED) is 0.849. The number of benzene rings is 1. The molecule has 0 fully saturated rings. The second-order valence-electron chi connectivity index (χ2n) is 4.94. The average molecular weight is 293 g/mol. The molecule has 1 heterocycles. The van der Waals surface area contributed by atoms with Gasteiger partial charge in [0.15, 0.2) is 0 Å². The number of aryl methyl sites for hydroxylation is 1. The number of nitrogens with one attached hydrogen (secondary N) is 1. The van der Waals surface area contributed by atoms with Gasteiger partial charge in [-0.1, -0.05) is 17.2 Å². The van der Waals surface area contributed by atoms with E-state index < -0.39 is 0 Å². The number of ether oxygens (including phenoxy) is 1. The summed E-state index contributed by atoms with van der Waals surface area (Å²) in [5.41, 5.74) is 2.12. The van der Waals surface area contributed by atoms with Crippen molar-refractivity contribution in [1.29, 1.82) is 0 Å². The van der Waals surface area contributed by atoms with Crippen molar-refractivity contribution in [3.63, 3.8) is 0 Å². The minimum Gasteiger partial charge on any atom is -0.487 e. The molecule has 5 nitrogen and oxygen atoms in total. The highest BCUT2D eigenvalue weighted by Gasteiger charge is 2.14. The molecule has 1 atom stereocenters. The van der Waals surface area contributed by atoms with Gasteiger partial charge in [0, 0.05) is 11.6 Å². The highest BCUT2D eigenvalue weighted by Crippen LogP contribution is 2.27. The van der Waals surface area contributed by atoms with E-state index in [4.69, 9.17) is 4.74 Å². The van der Waals surface area contributed by atoms with Crippen LogP contribution in [0.2, 0.25) is 0 Å². The van der Waals surface area contributed by atoms with Crippen molar-refractivity contribution in [2.24, 2.45) is 0 Å². The number of halogens is 1. The summed E-state index contributed by atoms with van der Waals surface area (Å²) in [5, 5.41) is 10.8. The molecule has 0 bridgehead atoms. The third-order valence-electron chi connectivity index (χ3n) is 3.25. The minimum atomic E-state index is -0.276. The zero-order valence-electron chi connectivity index (χ0n) is 12.5. The fraction of sp³-hybridized carbons (Fsp3) is 0.467. The van der Waals surface area contributed by atoms with E-state index in [1.54, 1.807) is 13.0 Å². The Hall–Kier alpha value is -1.95. The van der Waals surface area contributed by atoms with Gasteiger partial charge in [-0.3, -0.25) is 0 Å². The van der Waals surface area contributed by atoms with Gasteiger partial charge in [-0.15, -0.1) is 0 Å². The van der Waals surface area contributed by atoms with Crippen LogP contribution in [0.3, 0.4) is 0 Å². The summed E-state index contributed by atoms with van der Waals surface area (Å²) in [4.78, 5) is 0. The predicted molar refractivity (Wildman–Crippen MR) is 76.5 cm³/mol. The summed E-state index contributed by atoms with van der Waals surface area (Å²) in [6.45, 7) is 6.98. The van der Waals surface area contributed by atoms with Gasteiger partial charge in [-0.25, -0.2) is 9.02 Å². The van der Waals surface area contributed by atoms with E-state index in [9.17, 15) is 4.39 Å². The van der Waals surface area contributed by atoms with E-state index in [-0.39, 0.29) is 18.5 Å². The van der Waals surface area contributed by atoms with E-state index in [1.807, 2.05) is 6.92 Å². The van der Waals surface area contributed by atoms with Gasteiger partial charge in [0.05, 0.1) is 0 Å². The topological polar surface area (TPSA) is 60.2 Å². The Kier molecular flexibility index (Phi) is 5.27. The second kappa shape index (κ2) is 7.17. The Morgan fingerprint density at radius 2 is 2.19 bits per heavy atom. The zero-order chi connectivity index (χ0) is 15.2. The fourth-order valence-corrected chi connectivity index (χ4v) is 1.99. The van der Waals surface area contributed by atoms with Crippen LogP contribution in [0, 0.1) is 12.7 Å². The smallest absolute Gasteiger partial charge is 0.145 e. The number of hydrogen-bond acceptors (Lipinski definition) is 5. The predicted octanol–water partition coefficient (Wildman–Crippen LogP) is 3.16. The van der Waals surface area contributed by atoms with Crippen LogP contribution >= 0.6 is 0 Å². The Balaban J connectivity index is 2.12. The van der Waals surface area contributed by atoms with Gasteiger partial charge in [0.25, 0.3) is 0 Å². The molecule has 21 heavy (non-hydrogen) atoms. The van der Waals surface area contributed by atoms with Crippen molar-refractivity contribution in [2.45, 2.75) is 39.8 Å². The third kappa shape index (κ3) is 4.01. The van der Waals surface area contributed by atoms with Crippen LogP contribution in [-0.4, -0.2) is 16.9 Å². The van der Waals surface area contributed by atoms with Crippen molar-refractivity contribution in [3.05, 3.63) is 41.0 Å². The zero-order valence-corrected chi connectivity index (χ0v) is 12.5. The first-order chi connectivity index (χ1) is 10.1. The highest BCUT2D eigenvalue weighted by molar-refractivity contribution is 5.36. The summed E-state index contributed by atoms with van der Waals surface area (Å²) in [7, 11) is 0. The lowest BCUT2D eigenvalue weighted by molar-refractivity contribution is 0.267. The molecule has 2 aromatic rings. The van der Waals surface area contributed by atoms with E-state index >= 15 is 0 Å². The van der Waals surface area contributed by atoms with Gasteiger partial charge in [-0.05, 0) is 45.0 Å². The SMILES string of the molecule is CCCNC(C)c1cc(F)ccc1OCc1nonc1C. The third-order valence-corrected chi connectivity index (χ3v) is 3.25. The van der Waals surface area contributed by atoms with Crippen LogP contribution in [0.4, 0.5) is 4.39 Å². The molecule has 0 saturated carbocycles. The molecule has 1 unspecified atom stereocenters. The van der Waals surface area contributed by atoms with Gasteiger partial charge in [-0.2, -0.15) is 0 Å². The second-order valence-corrected chi connectivity index (χ2v) is 4.94. The molecule has 1 aromatic carbocycles. The van der Waals surface area contributed by atoms with Crippen molar-refractivity contribution in [1.82, 2.24) is 15.6 Å². The molecule has 0 amide bonds. The van der Waals surface area contributed by atoms with Gasteiger partial charge < -0.3 is 10.1 Å². The monoisotopic (exact) mass is 293 g/mol. The maximum absolute atomic E-state index is 13.5. The van der Waals surface area contributed by atoms with E-state index in [0.717, 1.165) is 18.5 Å². The Labute approximate surface area is 123 Å². The first kappa shape index (κ1) is 15.4. The van der Waals surface area contributed by atoms with Crippen LogP contribution in [0.5, 0.6) is 5.75 Å². The summed E-state index contributed by atoms with van der Waals surface area (Å²) in [6, 6.07) is 4.53. The van der Waals surface area contributed by atoms with Crippen LogP contribution in [0.1, 0.15) is 43.3 Å². The van der Waals surface area contributed by atoms with Crippen molar-refractivity contribution in [2.75, 3.05) is 6.54 Å². The molecule has 2 rings (SSSR count). The van der Waals surface area contributed by atoms with E-state index in [2.05, 4.69) is 27.2 Å². The van der Waals surface area contributed by atoms with E-state index in [0.29, 0.717) is 17.1 Å². The lowest BCUT2D eigenvalue weighted by Crippen LogP contribution is -2.20. The molecular formula is C15H20FN3O2. The number of aromatic nitrogens is 2. The van der Waals surface area contributed by atoms with Crippen LogP contribution in [0.25, 0.3) is 0 Å². The van der Waals surface area contributed by atoms with Gasteiger partial charge in [0.1, 0.15) is 29.6 Å². The lowest BCUT2D eigenvalue weighted by atomic mass is 10.1. The Morgan fingerprint density at radius 3 is 2.86 bits per heavy atom. The Morgan fingerprint density at radius 1 is 1.38 bits per heavy atom. The molecule has 0 spiro atoms. The normalized spacial score (nSPS) is 12.4. The van der Waals surface area contributed by atoms with Gasteiger partial charge in [0.2, 0.25) is 0 Å².